The van der Waals surface area contributed by atoms with Crippen LogP contribution in [0.2, 0.25) is 0 Å². The molecule has 0 unspecified atom stereocenters. The van der Waals surface area contributed by atoms with E-state index in [0.717, 1.165) is 9.13 Å². The molecule has 0 saturated heterocycles. The van der Waals surface area contributed by atoms with Crippen LogP contribution >= 0.6 is 22.6 Å². The third-order valence-corrected chi connectivity index (χ3v) is 5.73. The van der Waals surface area contributed by atoms with E-state index in [0.29, 0.717) is 29.2 Å². The second kappa shape index (κ2) is 12.2. The lowest BCUT2D eigenvalue weighted by atomic mass is 10.1. The van der Waals surface area contributed by atoms with Crippen LogP contribution in [0.3, 0.4) is 0 Å². The van der Waals surface area contributed by atoms with Crippen LogP contribution in [-0.4, -0.2) is 12.5 Å². The Hall–Kier alpha value is -3.38. The van der Waals surface area contributed by atoms with Crippen LogP contribution in [0.4, 0.5) is 4.39 Å². The second-order valence-electron chi connectivity index (χ2n) is 7.46. The van der Waals surface area contributed by atoms with E-state index in [-0.39, 0.29) is 24.0 Å². The van der Waals surface area contributed by atoms with Crippen molar-refractivity contribution < 1.29 is 18.7 Å². The largest absolute Gasteiger partial charge is 0.490 e. The molecule has 3 rings (SSSR count). The smallest absolute Gasteiger partial charge is 0.262 e. The molecular formula is C27H24FIN2O3. The molecule has 0 aliphatic rings. The van der Waals surface area contributed by atoms with Crippen LogP contribution < -0.4 is 14.8 Å². The summed E-state index contributed by atoms with van der Waals surface area (Å²) in [6.45, 7) is 4.29. The van der Waals surface area contributed by atoms with Crippen molar-refractivity contribution in [2.24, 2.45) is 0 Å². The molecule has 0 radical (unpaired) electrons. The standard InChI is InChI=1S/C27H24FIN2O3/c1-3-33-25-15-20(14-24(29)26(25)34-17-19-8-7-11-23(28)13-19)12-22(16-30)27(32)31-18(2)21-9-5-4-6-10-21/h4-15,18H,3,17H2,1-2H3,(H,31,32)/b22-12-/t18-/m1/s1. The van der Waals surface area contributed by atoms with Crippen molar-refractivity contribution in [1.82, 2.24) is 5.32 Å². The highest BCUT2D eigenvalue weighted by Crippen LogP contribution is 2.35. The van der Waals surface area contributed by atoms with Gasteiger partial charge in [-0.1, -0.05) is 42.5 Å². The van der Waals surface area contributed by atoms with Crippen LogP contribution in [0.1, 0.15) is 36.6 Å². The van der Waals surface area contributed by atoms with Crippen LogP contribution in [-0.2, 0) is 11.4 Å². The quantitative estimate of drug-likeness (QED) is 0.189. The first-order chi connectivity index (χ1) is 16.4. The highest BCUT2D eigenvalue weighted by molar-refractivity contribution is 14.1. The fourth-order valence-corrected chi connectivity index (χ4v) is 4.05. The number of halogens is 2. The van der Waals surface area contributed by atoms with Gasteiger partial charge in [0.25, 0.3) is 5.91 Å². The molecule has 3 aromatic carbocycles. The average Bonchev–Trinajstić information content (AvgIpc) is 2.82. The fourth-order valence-electron chi connectivity index (χ4n) is 3.27. The van der Waals surface area contributed by atoms with Crippen molar-refractivity contribution in [3.63, 3.8) is 0 Å². The molecule has 0 aromatic heterocycles. The van der Waals surface area contributed by atoms with Crippen molar-refractivity contribution >= 4 is 34.6 Å². The van der Waals surface area contributed by atoms with Crippen LogP contribution in [0.15, 0.2) is 72.3 Å². The molecule has 1 N–H and O–H groups in total. The SMILES string of the molecule is CCOc1cc(/C=C(/C#N)C(=O)N[C@H](C)c2ccccc2)cc(I)c1OCc1cccc(F)c1. The molecule has 0 bridgehead atoms. The van der Waals surface area contributed by atoms with E-state index in [4.69, 9.17) is 9.47 Å². The summed E-state index contributed by atoms with van der Waals surface area (Å²) in [5, 5.41) is 12.5. The van der Waals surface area contributed by atoms with Crippen LogP contribution in [0, 0.1) is 20.7 Å². The number of nitrogens with zero attached hydrogens (tertiary/aromatic N) is 1. The number of benzene rings is 3. The van der Waals surface area contributed by atoms with Gasteiger partial charge >= 0.3 is 0 Å². The Morgan fingerprint density at radius 2 is 1.91 bits per heavy atom. The zero-order valence-corrected chi connectivity index (χ0v) is 21.0. The molecule has 1 amide bonds. The van der Waals surface area contributed by atoms with Crippen molar-refractivity contribution in [3.8, 4) is 17.6 Å². The van der Waals surface area contributed by atoms with Gasteiger partial charge in [0, 0.05) is 0 Å². The Morgan fingerprint density at radius 3 is 2.59 bits per heavy atom. The summed E-state index contributed by atoms with van der Waals surface area (Å²) in [5.41, 5.74) is 2.25. The number of nitriles is 1. The number of carbonyl (C=O) groups is 1. The van der Waals surface area contributed by atoms with Crippen molar-refractivity contribution in [3.05, 3.63) is 98.4 Å². The lowest BCUT2D eigenvalue weighted by Crippen LogP contribution is -2.27. The second-order valence-corrected chi connectivity index (χ2v) is 8.62. The van der Waals surface area contributed by atoms with Crippen LogP contribution in [0.5, 0.6) is 11.5 Å². The first-order valence-corrected chi connectivity index (χ1v) is 11.8. The molecule has 7 heteroatoms. The number of nitrogens with one attached hydrogen (secondary N) is 1. The van der Waals surface area contributed by atoms with Gasteiger partial charge in [-0.05, 0) is 83.5 Å². The zero-order valence-electron chi connectivity index (χ0n) is 18.8. The molecule has 0 saturated carbocycles. The maximum absolute atomic E-state index is 13.5. The Balaban J connectivity index is 1.82. The number of ether oxygens (including phenoxy) is 2. The Bertz CT molecular complexity index is 1220. The van der Waals surface area contributed by atoms with Gasteiger partial charge in [-0.3, -0.25) is 4.79 Å². The summed E-state index contributed by atoms with van der Waals surface area (Å²) in [4.78, 5) is 12.7. The van der Waals surface area contributed by atoms with Gasteiger partial charge in [0.2, 0.25) is 0 Å². The van der Waals surface area contributed by atoms with Gasteiger partial charge in [-0.25, -0.2) is 4.39 Å². The maximum atomic E-state index is 13.5. The van der Waals surface area contributed by atoms with Crippen molar-refractivity contribution in [2.75, 3.05) is 6.61 Å². The summed E-state index contributed by atoms with van der Waals surface area (Å²) in [6.07, 6.45) is 1.52. The molecule has 3 aromatic rings. The molecule has 1 atom stereocenters. The third kappa shape index (κ3) is 6.81. The predicted octanol–water partition coefficient (Wildman–Crippen LogP) is 6.19. The number of carbonyl (C=O) groups excluding carboxylic acids is 1. The van der Waals surface area contributed by atoms with E-state index in [2.05, 4.69) is 27.9 Å². The molecule has 0 spiro atoms. The predicted molar refractivity (Wildman–Crippen MR) is 138 cm³/mol. The fraction of sp³-hybridized carbons (Fsp3) is 0.185. The van der Waals surface area contributed by atoms with Gasteiger partial charge in [0.05, 0.1) is 16.2 Å². The first-order valence-electron chi connectivity index (χ1n) is 10.7. The van der Waals surface area contributed by atoms with Gasteiger partial charge in [-0.15, -0.1) is 0 Å². The molecule has 34 heavy (non-hydrogen) atoms. The van der Waals surface area contributed by atoms with Gasteiger partial charge in [0.1, 0.15) is 24.1 Å². The Kier molecular flexibility index (Phi) is 9.05. The Morgan fingerprint density at radius 1 is 1.15 bits per heavy atom. The molecule has 0 fully saturated rings. The maximum Gasteiger partial charge on any atom is 0.262 e. The monoisotopic (exact) mass is 570 g/mol. The van der Waals surface area contributed by atoms with Crippen LogP contribution in [0.25, 0.3) is 6.08 Å². The van der Waals surface area contributed by atoms with E-state index in [1.165, 1.54) is 18.2 Å². The number of hydrogen-bond donors (Lipinski definition) is 1. The minimum absolute atomic E-state index is 0.0190. The first kappa shape index (κ1) is 25.2. The molecule has 0 aliphatic carbocycles. The highest BCUT2D eigenvalue weighted by atomic mass is 127. The number of rotatable bonds is 9. The Labute approximate surface area is 212 Å². The summed E-state index contributed by atoms with van der Waals surface area (Å²) in [7, 11) is 0. The van der Waals surface area contributed by atoms with E-state index in [1.54, 1.807) is 24.3 Å². The summed E-state index contributed by atoms with van der Waals surface area (Å²) < 4.78 is 25.9. The lowest BCUT2D eigenvalue weighted by Gasteiger charge is -2.15. The van der Waals surface area contributed by atoms with Crippen molar-refractivity contribution in [2.45, 2.75) is 26.5 Å². The van der Waals surface area contributed by atoms with Gasteiger partial charge < -0.3 is 14.8 Å². The van der Waals surface area contributed by atoms with Gasteiger partial charge in [-0.2, -0.15) is 5.26 Å². The molecular weight excluding hydrogens is 546 g/mol. The minimum Gasteiger partial charge on any atom is -0.490 e. The number of amides is 1. The third-order valence-electron chi connectivity index (χ3n) is 4.93. The van der Waals surface area contributed by atoms with Crippen molar-refractivity contribution in [1.29, 1.82) is 5.26 Å². The number of hydrogen-bond acceptors (Lipinski definition) is 4. The molecule has 5 nitrogen and oxygen atoms in total. The van der Waals surface area contributed by atoms with Gasteiger partial charge in [0.15, 0.2) is 11.5 Å². The van der Waals surface area contributed by atoms with E-state index in [1.807, 2.05) is 50.2 Å². The molecule has 174 valence electrons. The average molecular weight is 570 g/mol. The minimum atomic E-state index is -0.460. The molecule has 0 aliphatic heterocycles. The highest BCUT2D eigenvalue weighted by Gasteiger charge is 2.16. The summed E-state index contributed by atoms with van der Waals surface area (Å²) in [5.74, 6) is 0.209. The van der Waals surface area contributed by atoms with E-state index in [9.17, 15) is 14.4 Å². The summed E-state index contributed by atoms with van der Waals surface area (Å²) in [6, 6.07) is 21.0. The zero-order chi connectivity index (χ0) is 24.5. The summed E-state index contributed by atoms with van der Waals surface area (Å²) >= 11 is 2.11. The lowest BCUT2D eigenvalue weighted by molar-refractivity contribution is -0.117. The normalized spacial score (nSPS) is 11.9. The van der Waals surface area contributed by atoms with E-state index >= 15 is 0 Å². The van der Waals surface area contributed by atoms with E-state index < -0.39 is 5.91 Å². The topological polar surface area (TPSA) is 71.3 Å². The molecule has 0 heterocycles.